The summed E-state index contributed by atoms with van der Waals surface area (Å²) in [6.45, 7) is 4.17. The molecule has 1 saturated heterocycles. The van der Waals surface area contributed by atoms with Crippen LogP contribution >= 0.6 is 11.3 Å². The maximum absolute atomic E-state index is 5.83. The Kier molecular flexibility index (Phi) is 6.49. The summed E-state index contributed by atoms with van der Waals surface area (Å²) in [6.07, 6.45) is 5.18. The Morgan fingerprint density at radius 2 is 2.35 bits per heavy atom. The normalized spacial score (nSPS) is 25.0. The monoisotopic (exact) mass is 296 g/mol. The van der Waals surface area contributed by atoms with Crippen LogP contribution < -0.4 is 5.32 Å². The summed E-state index contributed by atoms with van der Waals surface area (Å²) in [7, 11) is 4.33. The molecule has 1 aromatic rings. The topological polar surface area (TPSA) is 24.5 Å². The number of likely N-dealkylation sites (N-methyl/N-ethyl adjacent to an activating group) is 1. The van der Waals surface area contributed by atoms with Crippen molar-refractivity contribution >= 4 is 11.3 Å². The van der Waals surface area contributed by atoms with Gasteiger partial charge in [0.25, 0.3) is 0 Å². The molecule has 1 fully saturated rings. The highest BCUT2D eigenvalue weighted by Gasteiger charge is 2.23. The summed E-state index contributed by atoms with van der Waals surface area (Å²) in [6, 6.07) is 5.47. The standard InChI is InChI=1S/C16H28N2OS/c1-4-6-14-11-13(8-9-19-14)17-12-15(18(2)3)16-7-5-10-20-16/h5,7,10,13-15,17H,4,6,8-9,11-12H2,1-3H3. The summed E-state index contributed by atoms with van der Waals surface area (Å²) < 4.78 is 5.83. The molecular formula is C16H28N2OS. The smallest absolute Gasteiger partial charge is 0.0589 e. The molecule has 2 heterocycles. The van der Waals surface area contributed by atoms with Gasteiger partial charge < -0.3 is 15.0 Å². The van der Waals surface area contributed by atoms with Gasteiger partial charge in [0.15, 0.2) is 0 Å². The highest BCUT2D eigenvalue weighted by atomic mass is 32.1. The van der Waals surface area contributed by atoms with Crippen LogP contribution in [0.2, 0.25) is 0 Å². The first-order valence-electron chi connectivity index (χ1n) is 7.75. The number of nitrogens with zero attached hydrogens (tertiary/aromatic N) is 1. The quantitative estimate of drug-likeness (QED) is 0.835. The summed E-state index contributed by atoms with van der Waals surface area (Å²) in [4.78, 5) is 3.75. The summed E-state index contributed by atoms with van der Waals surface area (Å²) in [5.41, 5.74) is 0. The highest BCUT2D eigenvalue weighted by Crippen LogP contribution is 2.24. The average Bonchev–Trinajstić information content (AvgIpc) is 2.93. The van der Waals surface area contributed by atoms with E-state index in [1.54, 1.807) is 0 Å². The van der Waals surface area contributed by atoms with Crippen molar-refractivity contribution < 1.29 is 4.74 Å². The lowest BCUT2D eigenvalue weighted by atomic mass is 10.00. The van der Waals surface area contributed by atoms with E-state index in [9.17, 15) is 0 Å². The van der Waals surface area contributed by atoms with Gasteiger partial charge in [-0.2, -0.15) is 0 Å². The van der Waals surface area contributed by atoms with Crippen LogP contribution in [0, 0.1) is 0 Å². The Balaban J connectivity index is 1.83. The van der Waals surface area contributed by atoms with Crippen molar-refractivity contribution in [3.63, 3.8) is 0 Å². The molecule has 3 atom stereocenters. The fourth-order valence-corrected chi connectivity index (χ4v) is 3.81. The number of thiophene rings is 1. The second kappa shape index (κ2) is 8.13. The third-order valence-corrected chi connectivity index (χ3v) is 5.05. The average molecular weight is 296 g/mol. The largest absolute Gasteiger partial charge is 0.378 e. The Bertz CT molecular complexity index is 365. The minimum atomic E-state index is 0.464. The molecule has 0 spiro atoms. The zero-order valence-electron chi connectivity index (χ0n) is 13.0. The highest BCUT2D eigenvalue weighted by molar-refractivity contribution is 7.10. The van der Waals surface area contributed by atoms with E-state index in [4.69, 9.17) is 4.74 Å². The van der Waals surface area contributed by atoms with E-state index in [0.717, 1.165) is 19.6 Å². The van der Waals surface area contributed by atoms with Crippen LogP contribution in [-0.2, 0) is 4.74 Å². The molecule has 3 nitrogen and oxygen atoms in total. The third kappa shape index (κ3) is 4.55. The van der Waals surface area contributed by atoms with Crippen molar-refractivity contribution in [2.45, 2.75) is 50.8 Å². The lowest BCUT2D eigenvalue weighted by molar-refractivity contribution is -0.00393. The van der Waals surface area contributed by atoms with Crippen LogP contribution in [0.5, 0.6) is 0 Å². The maximum Gasteiger partial charge on any atom is 0.0589 e. The predicted molar refractivity (Wildman–Crippen MR) is 86.4 cm³/mol. The van der Waals surface area contributed by atoms with E-state index in [1.807, 2.05) is 11.3 Å². The lowest BCUT2D eigenvalue weighted by Crippen LogP contribution is -2.42. The Morgan fingerprint density at radius 3 is 3.00 bits per heavy atom. The van der Waals surface area contributed by atoms with E-state index >= 15 is 0 Å². The molecule has 1 aliphatic rings. The third-order valence-electron chi connectivity index (χ3n) is 4.07. The van der Waals surface area contributed by atoms with Crippen molar-refractivity contribution in [2.24, 2.45) is 0 Å². The van der Waals surface area contributed by atoms with Crippen LogP contribution in [0.4, 0.5) is 0 Å². The van der Waals surface area contributed by atoms with Crippen molar-refractivity contribution in [2.75, 3.05) is 27.2 Å². The minimum absolute atomic E-state index is 0.464. The van der Waals surface area contributed by atoms with Crippen molar-refractivity contribution in [3.8, 4) is 0 Å². The first-order valence-corrected chi connectivity index (χ1v) is 8.63. The molecule has 0 radical (unpaired) electrons. The molecule has 1 aromatic heterocycles. The number of nitrogens with one attached hydrogen (secondary N) is 1. The van der Waals surface area contributed by atoms with Crippen LogP contribution in [0.15, 0.2) is 17.5 Å². The van der Waals surface area contributed by atoms with E-state index < -0.39 is 0 Å². The molecule has 114 valence electrons. The van der Waals surface area contributed by atoms with E-state index in [0.29, 0.717) is 18.2 Å². The van der Waals surface area contributed by atoms with Gasteiger partial charge in [0, 0.05) is 24.1 Å². The van der Waals surface area contributed by atoms with Crippen LogP contribution in [0.25, 0.3) is 0 Å². The molecule has 20 heavy (non-hydrogen) atoms. The maximum atomic E-state index is 5.83. The summed E-state index contributed by atoms with van der Waals surface area (Å²) in [5, 5.41) is 5.93. The zero-order valence-corrected chi connectivity index (χ0v) is 13.8. The molecule has 2 rings (SSSR count). The molecule has 1 N–H and O–H groups in total. The van der Waals surface area contributed by atoms with Gasteiger partial charge in [-0.3, -0.25) is 0 Å². The Hall–Kier alpha value is -0.420. The fraction of sp³-hybridized carbons (Fsp3) is 0.750. The summed E-state index contributed by atoms with van der Waals surface area (Å²) in [5.74, 6) is 0. The summed E-state index contributed by atoms with van der Waals surface area (Å²) >= 11 is 1.85. The van der Waals surface area contributed by atoms with Gasteiger partial charge in [-0.25, -0.2) is 0 Å². The van der Waals surface area contributed by atoms with Crippen LogP contribution in [-0.4, -0.2) is 44.3 Å². The molecule has 0 amide bonds. The van der Waals surface area contributed by atoms with Gasteiger partial charge >= 0.3 is 0 Å². The van der Waals surface area contributed by atoms with Crippen LogP contribution in [0.1, 0.15) is 43.5 Å². The number of rotatable bonds is 7. The zero-order chi connectivity index (χ0) is 14.4. The Labute approximate surface area is 127 Å². The lowest BCUT2D eigenvalue weighted by Gasteiger charge is -2.32. The van der Waals surface area contributed by atoms with Crippen molar-refractivity contribution in [3.05, 3.63) is 22.4 Å². The predicted octanol–water partition coefficient (Wildman–Crippen LogP) is 3.29. The molecule has 0 aromatic carbocycles. The minimum Gasteiger partial charge on any atom is -0.378 e. The van der Waals surface area contributed by atoms with Gasteiger partial charge in [-0.1, -0.05) is 19.4 Å². The van der Waals surface area contributed by atoms with E-state index in [2.05, 4.69) is 48.7 Å². The van der Waals surface area contributed by atoms with Gasteiger partial charge in [-0.05, 0) is 44.8 Å². The molecule has 0 aliphatic carbocycles. The molecule has 3 unspecified atom stereocenters. The SMILES string of the molecule is CCCC1CC(NCC(c2cccs2)N(C)C)CCO1. The van der Waals surface area contributed by atoms with Crippen molar-refractivity contribution in [1.29, 1.82) is 0 Å². The molecule has 1 aliphatic heterocycles. The first-order chi connectivity index (χ1) is 9.70. The molecular weight excluding hydrogens is 268 g/mol. The second-order valence-electron chi connectivity index (χ2n) is 5.91. The Morgan fingerprint density at radius 1 is 1.50 bits per heavy atom. The second-order valence-corrected chi connectivity index (χ2v) is 6.89. The van der Waals surface area contributed by atoms with E-state index in [1.165, 1.54) is 24.1 Å². The molecule has 4 heteroatoms. The van der Waals surface area contributed by atoms with Gasteiger partial charge in [0.2, 0.25) is 0 Å². The number of hydrogen-bond acceptors (Lipinski definition) is 4. The van der Waals surface area contributed by atoms with Gasteiger partial charge in [-0.15, -0.1) is 11.3 Å². The number of hydrogen-bond donors (Lipinski definition) is 1. The first kappa shape index (κ1) is 16.0. The number of ether oxygens (including phenoxy) is 1. The molecule has 0 bridgehead atoms. The fourth-order valence-electron chi connectivity index (χ4n) is 2.89. The van der Waals surface area contributed by atoms with Crippen molar-refractivity contribution in [1.82, 2.24) is 10.2 Å². The van der Waals surface area contributed by atoms with E-state index in [-0.39, 0.29) is 0 Å². The molecule has 0 saturated carbocycles. The van der Waals surface area contributed by atoms with Crippen LogP contribution in [0.3, 0.4) is 0 Å². The van der Waals surface area contributed by atoms with Gasteiger partial charge in [0.05, 0.1) is 12.1 Å². The van der Waals surface area contributed by atoms with Gasteiger partial charge in [0.1, 0.15) is 0 Å².